The van der Waals surface area contributed by atoms with Crippen molar-refractivity contribution in [2.75, 3.05) is 6.61 Å². The molecule has 0 saturated heterocycles. The molecule has 0 radical (unpaired) electrons. The molecule has 142 valence electrons. The molecular formula is C21H29NO4. The Morgan fingerprint density at radius 2 is 1.92 bits per heavy atom. The van der Waals surface area contributed by atoms with Gasteiger partial charge < -0.3 is 9.94 Å². The first-order valence-electron chi connectivity index (χ1n) is 9.99. The molecule has 0 aromatic heterocycles. The van der Waals surface area contributed by atoms with Crippen LogP contribution in [0.5, 0.6) is 0 Å². The van der Waals surface area contributed by atoms with E-state index < -0.39 is 5.97 Å². The Morgan fingerprint density at radius 3 is 2.69 bits per heavy atom. The summed E-state index contributed by atoms with van der Waals surface area (Å²) in [6, 6.07) is 0. The minimum atomic E-state index is -1.00. The van der Waals surface area contributed by atoms with Gasteiger partial charge in [0.2, 0.25) is 6.61 Å². The number of oxime groups is 1. The minimum absolute atomic E-state index is 0.0648. The number of carboxylic acid groups (broad SMARTS) is 1. The maximum Gasteiger partial charge on any atom is 0.344 e. The van der Waals surface area contributed by atoms with E-state index in [1.807, 2.05) is 0 Å². The number of rotatable bonds is 3. The van der Waals surface area contributed by atoms with Gasteiger partial charge in [-0.2, -0.15) is 0 Å². The number of hydrogen-bond donors (Lipinski definition) is 1. The molecule has 0 aromatic rings. The van der Waals surface area contributed by atoms with Crippen LogP contribution >= 0.6 is 0 Å². The zero-order valence-electron chi connectivity index (χ0n) is 15.8. The number of hydrogen-bond acceptors (Lipinski definition) is 4. The number of nitrogens with zero attached hydrogens (tertiary/aromatic N) is 1. The van der Waals surface area contributed by atoms with Crippen LogP contribution in [-0.4, -0.2) is 29.2 Å². The maximum atomic E-state index is 12.5. The average Bonchev–Trinajstić information content (AvgIpc) is 2.90. The lowest BCUT2D eigenvalue weighted by atomic mass is 9.47. The second-order valence-corrected chi connectivity index (χ2v) is 9.17. The smallest absolute Gasteiger partial charge is 0.344 e. The lowest BCUT2D eigenvalue weighted by Crippen LogP contribution is -2.50. The van der Waals surface area contributed by atoms with Crippen LogP contribution in [0.2, 0.25) is 0 Å². The van der Waals surface area contributed by atoms with Crippen LogP contribution < -0.4 is 0 Å². The number of allylic oxidation sites excluding steroid dienone is 2. The fourth-order valence-electron chi connectivity index (χ4n) is 6.58. The zero-order chi connectivity index (χ0) is 18.5. The standard InChI is InChI=1S/C21H29NO4/c1-20-9-7-14(22-26-12-19(24)25)11-13(20)3-4-15-16-5-6-18(23)21(16,2)10-8-17(15)20/h11,15-17H,3-10,12H2,1-2H3,(H,24,25)/t15-,16-,17-,20-,21-/m0/s1. The van der Waals surface area contributed by atoms with Crippen LogP contribution in [0.3, 0.4) is 0 Å². The topological polar surface area (TPSA) is 76.0 Å². The number of carbonyl (C=O) groups is 2. The second kappa shape index (κ2) is 6.21. The monoisotopic (exact) mass is 359 g/mol. The Labute approximate surface area is 154 Å². The molecule has 3 saturated carbocycles. The number of Topliss-reactive ketones (excluding diaryl/α,β-unsaturated/α-hetero) is 1. The number of carboxylic acids is 1. The predicted molar refractivity (Wildman–Crippen MR) is 97.7 cm³/mol. The van der Waals surface area contributed by atoms with Gasteiger partial charge in [-0.15, -0.1) is 0 Å². The van der Waals surface area contributed by atoms with Crippen molar-refractivity contribution in [1.29, 1.82) is 0 Å². The third kappa shape index (κ3) is 2.62. The van der Waals surface area contributed by atoms with Gasteiger partial charge in [-0.05, 0) is 74.2 Å². The van der Waals surface area contributed by atoms with Crippen LogP contribution in [0, 0.1) is 28.6 Å². The van der Waals surface area contributed by atoms with Gasteiger partial charge >= 0.3 is 5.97 Å². The fourth-order valence-corrected chi connectivity index (χ4v) is 6.58. The lowest BCUT2D eigenvalue weighted by molar-refractivity contribution is -0.142. The highest BCUT2D eigenvalue weighted by atomic mass is 16.6. The van der Waals surface area contributed by atoms with E-state index in [1.165, 1.54) is 12.0 Å². The van der Waals surface area contributed by atoms with Crippen molar-refractivity contribution in [2.24, 2.45) is 33.7 Å². The summed E-state index contributed by atoms with van der Waals surface area (Å²) < 4.78 is 0. The Kier molecular flexibility index (Phi) is 4.24. The first-order chi connectivity index (χ1) is 12.3. The van der Waals surface area contributed by atoms with Crippen molar-refractivity contribution in [3.63, 3.8) is 0 Å². The van der Waals surface area contributed by atoms with Crippen LogP contribution in [-0.2, 0) is 14.4 Å². The van der Waals surface area contributed by atoms with E-state index in [-0.39, 0.29) is 17.4 Å². The largest absolute Gasteiger partial charge is 0.479 e. The normalized spacial score (nSPS) is 43.3. The molecule has 5 nitrogen and oxygen atoms in total. The third-order valence-corrected chi connectivity index (χ3v) is 8.06. The van der Waals surface area contributed by atoms with Crippen molar-refractivity contribution in [3.8, 4) is 0 Å². The van der Waals surface area contributed by atoms with Crippen LogP contribution in [0.25, 0.3) is 0 Å². The zero-order valence-corrected chi connectivity index (χ0v) is 15.8. The predicted octanol–water partition coefficient (Wildman–Crippen LogP) is 3.98. The van der Waals surface area contributed by atoms with E-state index in [9.17, 15) is 9.59 Å². The Balaban J connectivity index is 1.56. The lowest BCUT2D eigenvalue weighted by Gasteiger charge is -2.57. The molecule has 5 heteroatoms. The molecule has 0 bridgehead atoms. The SMILES string of the molecule is C[C@]12CCC(=NOCC(=O)O)C=C1CC[C@@H]1[C@@H]2CC[C@]2(C)C(=O)CC[C@@H]12. The average molecular weight is 359 g/mol. The quantitative estimate of drug-likeness (QED) is 0.774. The summed E-state index contributed by atoms with van der Waals surface area (Å²) in [5, 5.41) is 12.7. The van der Waals surface area contributed by atoms with Crippen LogP contribution in [0.4, 0.5) is 0 Å². The molecule has 0 spiro atoms. The minimum Gasteiger partial charge on any atom is -0.479 e. The summed E-state index contributed by atoms with van der Waals surface area (Å²) in [4.78, 5) is 28.0. The summed E-state index contributed by atoms with van der Waals surface area (Å²) >= 11 is 0. The van der Waals surface area contributed by atoms with Crippen molar-refractivity contribution in [3.05, 3.63) is 11.6 Å². The Hall–Kier alpha value is -1.65. The molecule has 0 aliphatic heterocycles. The highest BCUT2D eigenvalue weighted by Crippen LogP contribution is 2.64. The maximum absolute atomic E-state index is 12.5. The highest BCUT2D eigenvalue weighted by Gasteiger charge is 2.58. The van der Waals surface area contributed by atoms with E-state index in [2.05, 4.69) is 25.1 Å². The van der Waals surface area contributed by atoms with Gasteiger partial charge in [0.25, 0.3) is 0 Å². The van der Waals surface area contributed by atoms with Gasteiger partial charge in [0.05, 0.1) is 5.71 Å². The van der Waals surface area contributed by atoms with Crippen molar-refractivity contribution >= 4 is 17.5 Å². The molecule has 5 atom stereocenters. The molecular weight excluding hydrogens is 330 g/mol. The van der Waals surface area contributed by atoms with Crippen LogP contribution in [0.1, 0.15) is 65.2 Å². The summed E-state index contributed by atoms with van der Waals surface area (Å²) in [6.07, 6.45) is 10.3. The number of carbonyl (C=O) groups excluding carboxylic acids is 1. The number of aliphatic carboxylic acids is 1. The van der Waals surface area contributed by atoms with Gasteiger partial charge in [0.1, 0.15) is 5.78 Å². The molecule has 4 aliphatic carbocycles. The summed E-state index contributed by atoms with van der Waals surface area (Å²) in [6.45, 7) is 4.25. The van der Waals surface area contributed by atoms with E-state index >= 15 is 0 Å². The fraction of sp³-hybridized carbons (Fsp3) is 0.762. The molecule has 4 rings (SSSR count). The molecule has 1 N–H and O–H groups in total. The molecule has 0 aromatic carbocycles. The van der Waals surface area contributed by atoms with E-state index in [0.29, 0.717) is 23.5 Å². The highest BCUT2D eigenvalue weighted by molar-refractivity contribution is 5.96. The van der Waals surface area contributed by atoms with Crippen molar-refractivity contribution in [1.82, 2.24) is 0 Å². The van der Waals surface area contributed by atoms with E-state index in [1.54, 1.807) is 0 Å². The molecule has 4 aliphatic rings. The molecule has 0 unspecified atom stereocenters. The van der Waals surface area contributed by atoms with Crippen molar-refractivity contribution in [2.45, 2.75) is 65.2 Å². The third-order valence-electron chi connectivity index (χ3n) is 8.06. The Morgan fingerprint density at radius 1 is 1.15 bits per heavy atom. The summed E-state index contributed by atoms with van der Waals surface area (Å²) in [5.74, 6) is 1.40. The number of ketones is 1. The summed E-state index contributed by atoms with van der Waals surface area (Å²) in [5.41, 5.74) is 2.45. The molecule has 26 heavy (non-hydrogen) atoms. The van der Waals surface area contributed by atoms with Gasteiger partial charge in [0.15, 0.2) is 0 Å². The summed E-state index contributed by atoms with van der Waals surface area (Å²) in [7, 11) is 0. The van der Waals surface area contributed by atoms with E-state index in [0.717, 1.165) is 50.7 Å². The molecule has 0 heterocycles. The molecule has 3 fully saturated rings. The van der Waals surface area contributed by atoms with Gasteiger partial charge in [0, 0.05) is 11.8 Å². The van der Waals surface area contributed by atoms with Gasteiger partial charge in [-0.1, -0.05) is 24.6 Å². The number of fused-ring (bicyclic) bond motifs is 5. The second-order valence-electron chi connectivity index (χ2n) is 9.17. The van der Waals surface area contributed by atoms with Gasteiger partial charge in [-0.3, -0.25) is 4.79 Å². The molecule has 0 amide bonds. The van der Waals surface area contributed by atoms with Crippen molar-refractivity contribution < 1.29 is 19.5 Å². The van der Waals surface area contributed by atoms with Crippen LogP contribution in [0.15, 0.2) is 16.8 Å². The van der Waals surface area contributed by atoms with E-state index in [4.69, 9.17) is 9.94 Å². The first kappa shape index (κ1) is 17.7. The first-order valence-corrected chi connectivity index (χ1v) is 9.99. The van der Waals surface area contributed by atoms with Gasteiger partial charge in [-0.25, -0.2) is 4.79 Å². The Bertz CT molecular complexity index is 696.